The molecular weight excluding hydrogens is 316 g/mol. The number of carbonyl (C=O) groups is 1. The maximum absolute atomic E-state index is 12.6. The second kappa shape index (κ2) is 8.42. The SMILES string of the molecule is COCCCNC(=O)C1CCCN(S(=O)(=O)c2ccccc2)C1. The van der Waals surface area contributed by atoms with Crippen LogP contribution in [-0.2, 0) is 19.6 Å². The zero-order valence-corrected chi connectivity index (χ0v) is 14.2. The van der Waals surface area contributed by atoms with Crippen molar-refractivity contribution in [3.63, 3.8) is 0 Å². The van der Waals surface area contributed by atoms with Crippen molar-refractivity contribution >= 4 is 15.9 Å². The van der Waals surface area contributed by atoms with Gasteiger partial charge in [-0.1, -0.05) is 18.2 Å². The summed E-state index contributed by atoms with van der Waals surface area (Å²) in [5.74, 6) is -0.362. The van der Waals surface area contributed by atoms with Crippen LogP contribution in [0.5, 0.6) is 0 Å². The molecule has 1 atom stereocenters. The van der Waals surface area contributed by atoms with E-state index in [9.17, 15) is 13.2 Å². The molecule has 1 aromatic rings. The molecule has 7 heteroatoms. The Morgan fingerprint density at radius 3 is 2.78 bits per heavy atom. The van der Waals surface area contributed by atoms with Gasteiger partial charge in [0.05, 0.1) is 10.8 Å². The smallest absolute Gasteiger partial charge is 0.243 e. The highest BCUT2D eigenvalue weighted by atomic mass is 32.2. The summed E-state index contributed by atoms with van der Waals surface area (Å²) in [4.78, 5) is 12.5. The Morgan fingerprint density at radius 1 is 1.35 bits per heavy atom. The number of carbonyl (C=O) groups excluding carboxylic acids is 1. The molecule has 1 aliphatic rings. The van der Waals surface area contributed by atoms with Crippen LogP contribution in [0, 0.1) is 5.92 Å². The number of hydrogen-bond acceptors (Lipinski definition) is 4. The van der Waals surface area contributed by atoms with Gasteiger partial charge < -0.3 is 10.1 Å². The van der Waals surface area contributed by atoms with Crippen molar-refractivity contribution in [1.82, 2.24) is 9.62 Å². The third kappa shape index (κ3) is 4.76. The van der Waals surface area contributed by atoms with Gasteiger partial charge in [0, 0.05) is 33.4 Å². The van der Waals surface area contributed by atoms with Crippen molar-refractivity contribution < 1.29 is 17.9 Å². The Bertz CT molecular complexity index is 604. The normalized spacial score (nSPS) is 19.4. The van der Waals surface area contributed by atoms with Crippen molar-refractivity contribution in [3.8, 4) is 0 Å². The molecule has 1 saturated heterocycles. The molecule has 6 nitrogen and oxygen atoms in total. The highest BCUT2D eigenvalue weighted by Crippen LogP contribution is 2.23. The lowest BCUT2D eigenvalue weighted by molar-refractivity contribution is -0.126. The molecule has 1 N–H and O–H groups in total. The van der Waals surface area contributed by atoms with Crippen LogP contribution >= 0.6 is 0 Å². The first-order chi connectivity index (χ1) is 11.1. The van der Waals surface area contributed by atoms with E-state index in [0.29, 0.717) is 26.1 Å². The van der Waals surface area contributed by atoms with Gasteiger partial charge in [0.2, 0.25) is 15.9 Å². The molecule has 1 unspecified atom stereocenters. The highest BCUT2D eigenvalue weighted by molar-refractivity contribution is 7.89. The van der Waals surface area contributed by atoms with Crippen molar-refractivity contribution in [1.29, 1.82) is 0 Å². The number of sulfonamides is 1. The monoisotopic (exact) mass is 340 g/mol. The highest BCUT2D eigenvalue weighted by Gasteiger charge is 2.32. The predicted octanol–water partition coefficient (Wildman–Crippen LogP) is 1.24. The molecule has 128 valence electrons. The number of nitrogens with one attached hydrogen (secondary N) is 1. The molecule has 0 bridgehead atoms. The van der Waals surface area contributed by atoms with Gasteiger partial charge in [0.15, 0.2) is 0 Å². The summed E-state index contributed by atoms with van der Waals surface area (Å²) >= 11 is 0. The van der Waals surface area contributed by atoms with Crippen LogP contribution < -0.4 is 5.32 Å². The molecule has 0 aromatic heterocycles. The Morgan fingerprint density at radius 2 is 2.09 bits per heavy atom. The van der Waals surface area contributed by atoms with Crippen LogP contribution in [0.4, 0.5) is 0 Å². The molecular formula is C16H24N2O4S. The number of piperidine rings is 1. The van der Waals surface area contributed by atoms with Gasteiger partial charge in [-0.3, -0.25) is 4.79 Å². The summed E-state index contributed by atoms with van der Waals surface area (Å²) in [6, 6.07) is 8.37. The summed E-state index contributed by atoms with van der Waals surface area (Å²) in [7, 11) is -1.90. The fraction of sp³-hybridized carbons (Fsp3) is 0.562. The third-order valence-corrected chi connectivity index (χ3v) is 5.84. The standard InChI is InChI=1S/C16H24N2O4S/c1-22-12-6-10-17-16(19)14-7-5-11-18(13-14)23(20,21)15-8-3-2-4-9-15/h2-4,8-9,14H,5-7,10-13H2,1H3,(H,17,19). The van der Waals surface area contributed by atoms with Crippen LogP contribution in [-0.4, -0.2) is 52.0 Å². The molecule has 1 heterocycles. The van der Waals surface area contributed by atoms with E-state index in [1.54, 1.807) is 37.4 Å². The molecule has 1 amide bonds. The maximum Gasteiger partial charge on any atom is 0.243 e. The lowest BCUT2D eigenvalue weighted by atomic mass is 9.99. The minimum Gasteiger partial charge on any atom is -0.385 e. The Labute approximate surface area is 137 Å². The largest absolute Gasteiger partial charge is 0.385 e. The molecule has 1 fully saturated rings. The molecule has 1 aromatic carbocycles. The summed E-state index contributed by atoms with van der Waals surface area (Å²) in [5, 5.41) is 2.86. The van der Waals surface area contributed by atoms with Gasteiger partial charge in [0.25, 0.3) is 0 Å². The maximum atomic E-state index is 12.6. The second-order valence-electron chi connectivity index (χ2n) is 5.65. The van der Waals surface area contributed by atoms with E-state index in [4.69, 9.17) is 4.74 Å². The van der Waals surface area contributed by atoms with Crippen LogP contribution in [0.3, 0.4) is 0 Å². The number of methoxy groups -OCH3 is 1. The van der Waals surface area contributed by atoms with Gasteiger partial charge >= 0.3 is 0 Å². The first kappa shape index (κ1) is 17.9. The number of amides is 1. The van der Waals surface area contributed by atoms with Gasteiger partial charge in [-0.25, -0.2) is 8.42 Å². The van der Waals surface area contributed by atoms with E-state index in [1.165, 1.54) is 4.31 Å². The van der Waals surface area contributed by atoms with Crippen LogP contribution in [0.2, 0.25) is 0 Å². The third-order valence-electron chi connectivity index (χ3n) is 3.96. The fourth-order valence-electron chi connectivity index (χ4n) is 2.69. The number of ether oxygens (including phenoxy) is 1. The van der Waals surface area contributed by atoms with E-state index >= 15 is 0 Å². The van der Waals surface area contributed by atoms with Crippen molar-refractivity contribution in [2.24, 2.45) is 5.92 Å². The van der Waals surface area contributed by atoms with E-state index in [2.05, 4.69) is 5.32 Å². The molecule has 2 rings (SSSR count). The van der Waals surface area contributed by atoms with E-state index in [1.807, 2.05) is 0 Å². The van der Waals surface area contributed by atoms with E-state index in [-0.39, 0.29) is 23.3 Å². The fourth-order valence-corrected chi connectivity index (χ4v) is 4.23. The first-order valence-corrected chi connectivity index (χ1v) is 9.31. The Kier molecular flexibility index (Phi) is 6.56. The zero-order valence-electron chi connectivity index (χ0n) is 13.4. The van der Waals surface area contributed by atoms with Crippen LogP contribution in [0.25, 0.3) is 0 Å². The Balaban J connectivity index is 1.96. The lowest BCUT2D eigenvalue weighted by Crippen LogP contribution is -2.45. The number of nitrogens with zero attached hydrogens (tertiary/aromatic N) is 1. The van der Waals surface area contributed by atoms with Crippen molar-refractivity contribution in [2.75, 3.05) is 33.4 Å². The number of rotatable bonds is 7. The lowest BCUT2D eigenvalue weighted by Gasteiger charge is -2.31. The van der Waals surface area contributed by atoms with Crippen LogP contribution in [0.15, 0.2) is 35.2 Å². The van der Waals surface area contributed by atoms with Crippen LogP contribution in [0.1, 0.15) is 19.3 Å². The van der Waals surface area contributed by atoms with E-state index in [0.717, 1.165) is 12.8 Å². The summed E-state index contributed by atoms with van der Waals surface area (Å²) in [6.45, 7) is 1.85. The van der Waals surface area contributed by atoms with Gasteiger partial charge in [-0.05, 0) is 31.4 Å². The number of benzene rings is 1. The minimum atomic E-state index is -3.52. The second-order valence-corrected chi connectivity index (χ2v) is 7.59. The number of hydrogen-bond donors (Lipinski definition) is 1. The summed E-state index contributed by atoms with van der Waals surface area (Å²) in [5.41, 5.74) is 0. The van der Waals surface area contributed by atoms with Crippen molar-refractivity contribution in [2.45, 2.75) is 24.2 Å². The first-order valence-electron chi connectivity index (χ1n) is 7.87. The van der Waals surface area contributed by atoms with Gasteiger partial charge in [-0.2, -0.15) is 4.31 Å². The molecule has 23 heavy (non-hydrogen) atoms. The summed E-state index contributed by atoms with van der Waals surface area (Å²) in [6.07, 6.45) is 2.17. The molecule has 1 aliphatic heterocycles. The van der Waals surface area contributed by atoms with E-state index < -0.39 is 10.0 Å². The molecule has 0 aliphatic carbocycles. The van der Waals surface area contributed by atoms with Gasteiger partial charge in [0.1, 0.15) is 0 Å². The van der Waals surface area contributed by atoms with Crippen molar-refractivity contribution in [3.05, 3.63) is 30.3 Å². The zero-order chi connectivity index (χ0) is 16.7. The topological polar surface area (TPSA) is 75.7 Å². The minimum absolute atomic E-state index is 0.0749. The Hall–Kier alpha value is -1.44. The summed E-state index contributed by atoms with van der Waals surface area (Å²) < 4.78 is 31.6. The molecule has 0 spiro atoms. The predicted molar refractivity (Wildman–Crippen MR) is 87.4 cm³/mol. The average Bonchev–Trinajstić information content (AvgIpc) is 2.59. The quantitative estimate of drug-likeness (QED) is 0.758. The molecule has 0 radical (unpaired) electrons. The molecule has 0 saturated carbocycles. The van der Waals surface area contributed by atoms with Gasteiger partial charge in [-0.15, -0.1) is 0 Å². The average molecular weight is 340 g/mol.